The minimum Gasteiger partial charge on any atom is -0.493 e. The van der Waals surface area contributed by atoms with Gasteiger partial charge in [-0.25, -0.2) is 9.69 Å². The highest BCUT2D eigenvalue weighted by Crippen LogP contribution is 2.38. The number of methoxy groups -OCH3 is 1. The first kappa shape index (κ1) is 23.2. The Balaban J connectivity index is 1.57. The molecule has 1 N–H and O–H groups in total. The molecular formula is C24H17BrCl2N2O4. The second-order valence-corrected chi connectivity index (χ2v) is 8.78. The number of nitrogens with zero attached hydrogens (tertiary/aromatic N) is 1. The molecule has 3 aromatic rings. The van der Waals surface area contributed by atoms with Crippen molar-refractivity contribution in [2.45, 2.75) is 6.61 Å². The summed E-state index contributed by atoms with van der Waals surface area (Å²) in [5.74, 6) is 0.510. The molecule has 9 heteroatoms. The van der Waals surface area contributed by atoms with Crippen molar-refractivity contribution in [3.05, 3.63) is 92.0 Å². The largest absolute Gasteiger partial charge is 0.493 e. The Bertz CT molecular complexity index is 1240. The van der Waals surface area contributed by atoms with Crippen LogP contribution in [-0.4, -0.2) is 19.0 Å². The zero-order valence-electron chi connectivity index (χ0n) is 17.3. The molecule has 0 spiro atoms. The van der Waals surface area contributed by atoms with Gasteiger partial charge in [-0.05, 0) is 81.7 Å². The van der Waals surface area contributed by atoms with Gasteiger partial charge in [0.2, 0.25) is 0 Å². The van der Waals surface area contributed by atoms with Gasteiger partial charge in [0, 0.05) is 10.0 Å². The number of imide groups is 1. The van der Waals surface area contributed by atoms with E-state index in [-0.39, 0.29) is 5.70 Å². The van der Waals surface area contributed by atoms with Crippen LogP contribution in [0, 0.1) is 0 Å². The van der Waals surface area contributed by atoms with Crippen LogP contribution < -0.4 is 19.7 Å². The second kappa shape index (κ2) is 9.87. The number of amides is 3. The average Bonchev–Trinajstić information content (AvgIpc) is 3.07. The molecule has 3 aromatic carbocycles. The van der Waals surface area contributed by atoms with E-state index in [4.69, 9.17) is 32.7 Å². The fourth-order valence-corrected chi connectivity index (χ4v) is 4.05. The van der Waals surface area contributed by atoms with Gasteiger partial charge >= 0.3 is 6.03 Å². The summed E-state index contributed by atoms with van der Waals surface area (Å²) in [4.78, 5) is 26.3. The Morgan fingerprint density at radius 1 is 1.00 bits per heavy atom. The Hall–Kier alpha value is -3.00. The van der Waals surface area contributed by atoms with Crippen LogP contribution in [0.3, 0.4) is 0 Å². The zero-order valence-corrected chi connectivity index (χ0v) is 20.4. The SMILES string of the molecule is COc1cc(/C=C2/NC(=O)N(c3ccc(Cl)cc3)C2=O)cc(Br)c1OCc1ccc(Cl)cc1. The van der Waals surface area contributed by atoms with Crippen molar-refractivity contribution in [1.29, 1.82) is 0 Å². The molecule has 0 radical (unpaired) electrons. The third kappa shape index (κ3) is 5.16. The summed E-state index contributed by atoms with van der Waals surface area (Å²) in [5.41, 5.74) is 2.15. The molecule has 3 amide bonds. The predicted molar refractivity (Wildman–Crippen MR) is 132 cm³/mol. The summed E-state index contributed by atoms with van der Waals surface area (Å²) in [7, 11) is 1.53. The maximum absolute atomic E-state index is 12.9. The van der Waals surface area contributed by atoms with E-state index >= 15 is 0 Å². The van der Waals surface area contributed by atoms with E-state index in [0.717, 1.165) is 10.5 Å². The number of ether oxygens (including phenoxy) is 2. The van der Waals surface area contributed by atoms with Gasteiger partial charge in [-0.2, -0.15) is 0 Å². The monoisotopic (exact) mass is 546 g/mol. The van der Waals surface area contributed by atoms with Crippen molar-refractivity contribution < 1.29 is 19.1 Å². The number of nitrogens with one attached hydrogen (secondary N) is 1. The molecule has 0 aliphatic carbocycles. The number of halogens is 3. The third-order valence-electron chi connectivity index (χ3n) is 4.82. The Morgan fingerprint density at radius 3 is 2.27 bits per heavy atom. The molecule has 33 heavy (non-hydrogen) atoms. The molecule has 0 unspecified atom stereocenters. The van der Waals surface area contributed by atoms with Crippen LogP contribution in [0.5, 0.6) is 11.5 Å². The first-order valence-corrected chi connectivity index (χ1v) is 11.3. The number of carbonyl (C=O) groups excluding carboxylic acids is 2. The molecule has 1 heterocycles. The number of hydrogen-bond donors (Lipinski definition) is 1. The second-order valence-electron chi connectivity index (χ2n) is 7.05. The molecule has 0 bridgehead atoms. The third-order valence-corrected chi connectivity index (χ3v) is 5.92. The van der Waals surface area contributed by atoms with E-state index in [0.29, 0.717) is 43.9 Å². The van der Waals surface area contributed by atoms with Gasteiger partial charge in [-0.1, -0.05) is 35.3 Å². The summed E-state index contributed by atoms with van der Waals surface area (Å²) in [6.45, 7) is 0.317. The Morgan fingerprint density at radius 2 is 1.64 bits per heavy atom. The standard InChI is InChI=1S/C24H17BrCl2N2O4/c1-32-21-12-15(10-19(25)22(21)33-13-14-2-4-16(26)5-3-14)11-20-23(30)29(24(31)28-20)18-8-6-17(27)7-9-18/h2-12H,13H2,1H3,(H,28,31)/b20-11+. The van der Waals surface area contributed by atoms with Crippen LogP contribution in [0.15, 0.2) is 70.8 Å². The van der Waals surface area contributed by atoms with Gasteiger partial charge in [0.1, 0.15) is 12.3 Å². The maximum Gasteiger partial charge on any atom is 0.333 e. The van der Waals surface area contributed by atoms with E-state index < -0.39 is 11.9 Å². The van der Waals surface area contributed by atoms with E-state index in [9.17, 15) is 9.59 Å². The molecule has 1 aliphatic heterocycles. The minimum atomic E-state index is -0.539. The molecule has 6 nitrogen and oxygen atoms in total. The number of carbonyl (C=O) groups is 2. The summed E-state index contributed by atoms with van der Waals surface area (Å²) in [5, 5.41) is 3.77. The summed E-state index contributed by atoms with van der Waals surface area (Å²) in [6.07, 6.45) is 1.58. The summed E-state index contributed by atoms with van der Waals surface area (Å²) >= 11 is 15.3. The van der Waals surface area contributed by atoms with Crippen molar-refractivity contribution in [2.75, 3.05) is 12.0 Å². The van der Waals surface area contributed by atoms with Gasteiger partial charge < -0.3 is 14.8 Å². The van der Waals surface area contributed by atoms with E-state index in [2.05, 4.69) is 21.2 Å². The van der Waals surface area contributed by atoms with Gasteiger partial charge in [0.05, 0.1) is 17.3 Å². The van der Waals surface area contributed by atoms with Gasteiger partial charge in [0.15, 0.2) is 11.5 Å². The van der Waals surface area contributed by atoms with Crippen LogP contribution >= 0.6 is 39.1 Å². The molecule has 1 saturated heterocycles. The Labute approximate surface area is 208 Å². The molecule has 1 fully saturated rings. The molecule has 168 valence electrons. The van der Waals surface area contributed by atoms with Crippen LogP contribution in [0.4, 0.5) is 10.5 Å². The normalized spacial score (nSPS) is 14.5. The molecule has 1 aliphatic rings. The van der Waals surface area contributed by atoms with Crippen molar-refractivity contribution >= 4 is 62.8 Å². The lowest BCUT2D eigenvalue weighted by atomic mass is 10.1. The predicted octanol–water partition coefficient (Wildman–Crippen LogP) is 6.44. The smallest absolute Gasteiger partial charge is 0.333 e. The van der Waals surface area contributed by atoms with Crippen molar-refractivity contribution in [1.82, 2.24) is 5.32 Å². The average molecular weight is 548 g/mol. The quantitative estimate of drug-likeness (QED) is 0.285. The lowest BCUT2D eigenvalue weighted by Gasteiger charge is -2.14. The van der Waals surface area contributed by atoms with Gasteiger partial charge in [0.25, 0.3) is 5.91 Å². The first-order valence-electron chi connectivity index (χ1n) is 9.73. The molecule has 4 rings (SSSR count). The number of rotatable bonds is 6. The fraction of sp³-hybridized carbons (Fsp3) is 0.0833. The van der Waals surface area contributed by atoms with E-state index in [1.165, 1.54) is 7.11 Å². The lowest BCUT2D eigenvalue weighted by Crippen LogP contribution is -2.30. The van der Waals surface area contributed by atoms with Crippen LogP contribution in [0.1, 0.15) is 11.1 Å². The number of anilines is 1. The first-order chi connectivity index (χ1) is 15.9. The fourth-order valence-electron chi connectivity index (χ4n) is 3.23. The van der Waals surface area contributed by atoms with E-state index in [1.807, 2.05) is 12.1 Å². The number of urea groups is 1. The van der Waals surface area contributed by atoms with Crippen molar-refractivity contribution in [3.8, 4) is 11.5 Å². The Kier molecular flexibility index (Phi) is 6.93. The van der Waals surface area contributed by atoms with Crippen LogP contribution in [-0.2, 0) is 11.4 Å². The lowest BCUT2D eigenvalue weighted by molar-refractivity contribution is -0.113. The number of benzene rings is 3. The summed E-state index contributed by atoms with van der Waals surface area (Å²) < 4.78 is 12.1. The highest BCUT2D eigenvalue weighted by molar-refractivity contribution is 9.10. The molecule has 0 atom stereocenters. The highest BCUT2D eigenvalue weighted by atomic mass is 79.9. The topological polar surface area (TPSA) is 67.9 Å². The van der Waals surface area contributed by atoms with Crippen molar-refractivity contribution in [2.24, 2.45) is 0 Å². The van der Waals surface area contributed by atoms with Gasteiger partial charge in [-0.15, -0.1) is 0 Å². The van der Waals surface area contributed by atoms with Crippen molar-refractivity contribution in [3.63, 3.8) is 0 Å². The molecule has 0 saturated carbocycles. The van der Waals surface area contributed by atoms with E-state index in [1.54, 1.807) is 54.6 Å². The van der Waals surface area contributed by atoms with Crippen LogP contribution in [0.25, 0.3) is 6.08 Å². The molecular weight excluding hydrogens is 531 g/mol. The highest BCUT2D eigenvalue weighted by Gasteiger charge is 2.34. The van der Waals surface area contributed by atoms with Crippen LogP contribution in [0.2, 0.25) is 10.0 Å². The maximum atomic E-state index is 12.9. The zero-order chi connectivity index (χ0) is 23.5. The minimum absolute atomic E-state index is 0.138. The number of hydrogen-bond acceptors (Lipinski definition) is 4. The summed E-state index contributed by atoms with van der Waals surface area (Å²) in [6, 6.07) is 16.7. The van der Waals surface area contributed by atoms with Gasteiger partial charge in [-0.3, -0.25) is 4.79 Å². The molecule has 0 aromatic heterocycles.